The molecule has 0 atom stereocenters. The van der Waals surface area contributed by atoms with Gasteiger partial charge in [0.15, 0.2) is 0 Å². The summed E-state index contributed by atoms with van der Waals surface area (Å²) in [5.41, 5.74) is 1.49. The summed E-state index contributed by atoms with van der Waals surface area (Å²) in [6, 6.07) is 0. The van der Waals surface area contributed by atoms with E-state index in [1.165, 1.54) is 36.6 Å². The fourth-order valence-electron chi connectivity index (χ4n) is 2.51. The molecule has 1 aliphatic rings. The molecule has 0 saturated carbocycles. The van der Waals surface area contributed by atoms with E-state index in [1.54, 1.807) is 11.3 Å². The molecular weight excluding hydrogens is 254 g/mol. The highest BCUT2D eigenvalue weighted by Gasteiger charge is 2.21. The molecule has 0 radical (unpaired) electrons. The Morgan fingerprint density at radius 2 is 2.05 bits per heavy atom. The zero-order valence-corrected chi connectivity index (χ0v) is 13.5. The maximum atomic E-state index is 4.56. The SMILES string of the molecule is Cc1nc(CN2CCC(CNC(C)(C)C)CC2)cs1. The van der Waals surface area contributed by atoms with Gasteiger partial charge in [-0.2, -0.15) is 0 Å². The van der Waals surface area contributed by atoms with Crippen LogP contribution in [0.2, 0.25) is 0 Å². The molecule has 19 heavy (non-hydrogen) atoms. The average Bonchev–Trinajstić information content (AvgIpc) is 2.73. The van der Waals surface area contributed by atoms with Crippen LogP contribution in [0.15, 0.2) is 5.38 Å². The second-order valence-corrected chi connectivity index (χ2v) is 7.77. The summed E-state index contributed by atoms with van der Waals surface area (Å²) >= 11 is 1.76. The number of thiazole rings is 1. The van der Waals surface area contributed by atoms with Crippen LogP contribution < -0.4 is 5.32 Å². The Hall–Kier alpha value is -0.450. The van der Waals surface area contributed by atoms with E-state index in [2.05, 4.69) is 48.3 Å². The molecule has 0 spiro atoms. The second-order valence-electron chi connectivity index (χ2n) is 6.71. The van der Waals surface area contributed by atoms with Crippen LogP contribution in [0, 0.1) is 12.8 Å². The van der Waals surface area contributed by atoms with Crippen molar-refractivity contribution in [2.24, 2.45) is 5.92 Å². The Morgan fingerprint density at radius 1 is 1.37 bits per heavy atom. The van der Waals surface area contributed by atoms with Crippen LogP contribution in [0.3, 0.4) is 0 Å². The van der Waals surface area contributed by atoms with Crippen LogP contribution in [0.5, 0.6) is 0 Å². The van der Waals surface area contributed by atoms with E-state index in [9.17, 15) is 0 Å². The topological polar surface area (TPSA) is 28.2 Å². The summed E-state index contributed by atoms with van der Waals surface area (Å²) in [7, 11) is 0. The van der Waals surface area contributed by atoms with Gasteiger partial charge in [0.05, 0.1) is 10.7 Å². The summed E-state index contributed by atoms with van der Waals surface area (Å²) in [5, 5.41) is 7.01. The van der Waals surface area contributed by atoms with E-state index in [0.717, 1.165) is 19.0 Å². The number of aromatic nitrogens is 1. The zero-order chi connectivity index (χ0) is 13.9. The number of rotatable bonds is 4. The third-order valence-corrected chi connectivity index (χ3v) is 4.50. The molecule has 4 heteroatoms. The van der Waals surface area contributed by atoms with Crippen molar-refractivity contribution in [1.82, 2.24) is 15.2 Å². The predicted octanol–water partition coefficient (Wildman–Crippen LogP) is 3.05. The number of hydrogen-bond donors (Lipinski definition) is 1. The molecule has 0 amide bonds. The van der Waals surface area contributed by atoms with Crippen molar-refractivity contribution < 1.29 is 0 Å². The first kappa shape index (κ1) is 14.9. The van der Waals surface area contributed by atoms with Crippen LogP contribution in [0.25, 0.3) is 0 Å². The van der Waals surface area contributed by atoms with Crippen LogP contribution in [0.4, 0.5) is 0 Å². The number of aryl methyl sites for hydroxylation is 1. The first-order valence-corrected chi connectivity index (χ1v) is 8.19. The number of likely N-dealkylation sites (tertiary alicyclic amines) is 1. The second kappa shape index (κ2) is 6.33. The van der Waals surface area contributed by atoms with Crippen LogP contribution in [0.1, 0.15) is 44.3 Å². The van der Waals surface area contributed by atoms with Crippen molar-refractivity contribution in [2.45, 2.75) is 52.6 Å². The minimum atomic E-state index is 0.245. The minimum Gasteiger partial charge on any atom is -0.312 e. The van der Waals surface area contributed by atoms with Crippen LogP contribution in [-0.4, -0.2) is 35.1 Å². The quantitative estimate of drug-likeness (QED) is 0.919. The van der Waals surface area contributed by atoms with E-state index in [0.29, 0.717) is 0 Å². The molecule has 0 bridgehead atoms. The molecule has 1 aromatic heterocycles. The zero-order valence-electron chi connectivity index (χ0n) is 12.7. The van der Waals surface area contributed by atoms with Gasteiger partial charge in [-0.05, 0) is 66.1 Å². The highest BCUT2D eigenvalue weighted by molar-refractivity contribution is 7.09. The maximum Gasteiger partial charge on any atom is 0.0897 e. The number of hydrogen-bond acceptors (Lipinski definition) is 4. The van der Waals surface area contributed by atoms with Crippen molar-refractivity contribution in [2.75, 3.05) is 19.6 Å². The van der Waals surface area contributed by atoms with Gasteiger partial charge in [0, 0.05) is 17.5 Å². The molecule has 1 saturated heterocycles. The highest BCUT2D eigenvalue weighted by atomic mass is 32.1. The van der Waals surface area contributed by atoms with Crippen molar-refractivity contribution in [3.8, 4) is 0 Å². The van der Waals surface area contributed by atoms with Crippen molar-refractivity contribution in [3.05, 3.63) is 16.1 Å². The van der Waals surface area contributed by atoms with Crippen molar-refractivity contribution >= 4 is 11.3 Å². The monoisotopic (exact) mass is 281 g/mol. The molecule has 1 aliphatic heterocycles. The molecule has 2 heterocycles. The van der Waals surface area contributed by atoms with E-state index in [4.69, 9.17) is 0 Å². The number of piperidine rings is 1. The molecule has 1 fully saturated rings. The van der Waals surface area contributed by atoms with Gasteiger partial charge in [-0.15, -0.1) is 11.3 Å². The lowest BCUT2D eigenvalue weighted by Crippen LogP contribution is -2.42. The predicted molar refractivity (Wildman–Crippen MR) is 82.6 cm³/mol. The molecule has 1 aromatic rings. The molecule has 3 nitrogen and oxygen atoms in total. The lowest BCUT2D eigenvalue weighted by molar-refractivity contribution is 0.169. The van der Waals surface area contributed by atoms with Crippen molar-refractivity contribution in [1.29, 1.82) is 0 Å². The highest BCUT2D eigenvalue weighted by Crippen LogP contribution is 2.19. The Balaban J connectivity index is 1.70. The van der Waals surface area contributed by atoms with Gasteiger partial charge in [-0.25, -0.2) is 4.98 Å². The van der Waals surface area contributed by atoms with Crippen LogP contribution >= 0.6 is 11.3 Å². The normalized spacial score (nSPS) is 18.9. The Morgan fingerprint density at radius 3 is 2.58 bits per heavy atom. The molecule has 0 aliphatic carbocycles. The van der Waals surface area contributed by atoms with E-state index < -0.39 is 0 Å². The lowest BCUT2D eigenvalue weighted by atomic mass is 9.95. The molecular formula is C15H27N3S. The third-order valence-electron chi connectivity index (χ3n) is 3.68. The van der Waals surface area contributed by atoms with Gasteiger partial charge in [0.2, 0.25) is 0 Å². The summed E-state index contributed by atoms with van der Waals surface area (Å²) in [6.07, 6.45) is 2.62. The summed E-state index contributed by atoms with van der Waals surface area (Å²) < 4.78 is 0. The van der Waals surface area contributed by atoms with Gasteiger partial charge in [0.25, 0.3) is 0 Å². The molecule has 0 aromatic carbocycles. The summed E-state index contributed by atoms with van der Waals surface area (Å²) in [6.45, 7) is 13.4. The Kier molecular flexibility index (Phi) is 4.98. The first-order valence-electron chi connectivity index (χ1n) is 7.31. The molecule has 0 unspecified atom stereocenters. The molecule has 1 N–H and O–H groups in total. The number of nitrogens with zero attached hydrogens (tertiary/aromatic N) is 2. The minimum absolute atomic E-state index is 0.245. The third kappa shape index (κ3) is 5.21. The van der Waals surface area contributed by atoms with Gasteiger partial charge < -0.3 is 5.32 Å². The van der Waals surface area contributed by atoms with E-state index >= 15 is 0 Å². The van der Waals surface area contributed by atoms with Crippen LogP contribution in [-0.2, 0) is 6.54 Å². The fourth-order valence-corrected chi connectivity index (χ4v) is 3.11. The van der Waals surface area contributed by atoms with E-state index in [-0.39, 0.29) is 5.54 Å². The van der Waals surface area contributed by atoms with Gasteiger partial charge in [-0.1, -0.05) is 0 Å². The maximum absolute atomic E-state index is 4.56. The van der Waals surface area contributed by atoms with Crippen molar-refractivity contribution in [3.63, 3.8) is 0 Å². The van der Waals surface area contributed by atoms with Gasteiger partial charge >= 0.3 is 0 Å². The summed E-state index contributed by atoms with van der Waals surface area (Å²) in [5.74, 6) is 0.840. The Labute approximate surface area is 121 Å². The lowest BCUT2D eigenvalue weighted by Gasteiger charge is -2.33. The fraction of sp³-hybridized carbons (Fsp3) is 0.800. The largest absolute Gasteiger partial charge is 0.312 e. The molecule has 2 rings (SSSR count). The smallest absolute Gasteiger partial charge is 0.0897 e. The Bertz CT molecular complexity index is 386. The van der Waals surface area contributed by atoms with E-state index in [1.807, 2.05) is 0 Å². The first-order chi connectivity index (χ1) is 8.92. The van der Waals surface area contributed by atoms with Gasteiger partial charge in [0.1, 0.15) is 0 Å². The van der Waals surface area contributed by atoms with Gasteiger partial charge in [-0.3, -0.25) is 4.90 Å². The average molecular weight is 281 g/mol. The standard InChI is InChI=1S/C15H27N3S/c1-12-17-14(11-19-12)10-18-7-5-13(6-8-18)9-16-15(2,3)4/h11,13,16H,5-10H2,1-4H3. The number of nitrogens with one attached hydrogen (secondary N) is 1. The summed E-state index contributed by atoms with van der Waals surface area (Å²) in [4.78, 5) is 7.10. The molecule has 108 valence electrons.